The Bertz CT molecular complexity index is 868. The van der Waals surface area contributed by atoms with Crippen LogP contribution in [0, 0.1) is 5.82 Å². The third-order valence-electron chi connectivity index (χ3n) is 5.30. The largest absolute Gasteiger partial charge is 0.492 e. The molecule has 1 aliphatic carbocycles. The summed E-state index contributed by atoms with van der Waals surface area (Å²) >= 11 is 0. The van der Waals surface area contributed by atoms with E-state index >= 15 is 0 Å². The van der Waals surface area contributed by atoms with Crippen LogP contribution in [0.4, 0.5) is 9.18 Å². The number of carbonyl (C=O) groups excluding carboxylic acids is 2. The molecule has 1 aliphatic heterocycles. The first-order chi connectivity index (χ1) is 13.1. The Morgan fingerprint density at radius 2 is 1.85 bits per heavy atom. The van der Waals surface area contributed by atoms with Crippen LogP contribution in [0.25, 0.3) is 0 Å². The van der Waals surface area contributed by atoms with Gasteiger partial charge in [0.2, 0.25) is 0 Å². The predicted octanol–water partition coefficient (Wildman–Crippen LogP) is 3.38. The molecular weight excluding hydrogens is 347 g/mol. The van der Waals surface area contributed by atoms with Crippen molar-refractivity contribution in [3.05, 3.63) is 65.5 Å². The summed E-state index contributed by atoms with van der Waals surface area (Å²) < 4.78 is 18.5. The van der Waals surface area contributed by atoms with Crippen molar-refractivity contribution in [3.8, 4) is 5.75 Å². The minimum absolute atomic E-state index is 0.145. The van der Waals surface area contributed by atoms with Crippen molar-refractivity contribution in [1.29, 1.82) is 0 Å². The molecule has 0 saturated carbocycles. The monoisotopic (exact) mass is 368 g/mol. The van der Waals surface area contributed by atoms with Crippen molar-refractivity contribution in [2.75, 3.05) is 13.2 Å². The summed E-state index contributed by atoms with van der Waals surface area (Å²) in [6, 6.07) is 13.1. The fourth-order valence-corrected chi connectivity index (χ4v) is 3.96. The van der Waals surface area contributed by atoms with Crippen LogP contribution in [-0.2, 0) is 16.8 Å². The Balaban J connectivity index is 1.51. The molecule has 4 rings (SSSR count). The highest BCUT2D eigenvalue weighted by Crippen LogP contribution is 2.38. The van der Waals surface area contributed by atoms with E-state index in [1.165, 1.54) is 29.2 Å². The summed E-state index contributed by atoms with van der Waals surface area (Å²) in [5.41, 5.74) is 1.05. The van der Waals surface area contributed by atoms with Gasteiger partial charge in [0.15, 0.2) is 0 Å². The third kappa shape index (κ3) is 3.16. The maximum absolute atomic E-state index is 13.2. The molecule has 1 atom stereocenters. The van der Waals surface area contributed by atoms with E-state index in [1.807, 2.05) is 24.3 Å². The summed E-state index contributed by atoms with van der Waals surface area (Å²) in [6.45, 7) is 0.300. The Kier molecular flexibility index (Phi) is 4.56. The van der Waals surface area contributed by atoms with E-state index < -0.39 is 5.54 Å². The lowest BCUT2D eigenvalue weighted by Crippen LogP contribution is -2.44. The van der Waals surface area contributed by atoms with Crippen molar-refractivity contribution >= 4 is 11.9 Å². The average molecular weight is 368 g/mol. The number of amides is 3. The number of hydrogen-bond acceptors (Lipinski definition) is 3. The lowest BCUT2D eigenvalue weighted by molar-refractivity contribution is -0.132. The van der Waals surface area contributed by atoms with E-state index in [2.05, 4.69) is 5.32 Å². The van der Waals surface area contributed by atoms with Crippen LogP contribution in [0.15, 0.2) is 48.5 Å². The molecule has 2 aromatic carbocycles. The second-order valence-electron chi connectivity index (χ2n) is 6.96. The summed E-state index contributed by atoms with van der Waals surface area (Å²) in [7, 11) is 0. The van der Waals surface area contributed by atoms with Crippen molar-refractivity contribution in [2.45, 2.75) is 31.2 Å². The van der Waals surface area contributed by atoms with Gasteiger partial charge in [-0.2, -0.15) is 0 Å². The molecule has 1 fully saturated rings. The number of urea groups is 1. The van der Waals surface area contributed by atoms with Crippen molar-refractivity contribution in [2.24, 2.45) is 0 Å². The van der Waals surface area contributed by atoms with E-state index in [0.717, 1.165) is 30.4 Å². The zero-order valence-electron chi connectivity index (χ0n) is 14.9. The van der Waals surface area contributed by atoms with Gasteiger partial charge in [0.1, 0.15) is 23.7 Å². The van der Waals surface area contributed by atoms with Gasteiger partial charge in [0.25, 0.3) is 5.91 Å². The van der Waals surface area contributed by atoms with Gasteiger partial charge in [-0.25, -0.2) is 9.18 Å². The van der Waals surface area contributed by atoms with Crippen LogP contribution in [0.3, 0.4) is 0 Å². The van der Waals surface area contributed by atoms with E-state index in [-0.39, 0.29) is 30.9 Å². The highest BCUT2D eigenvalue weighted by atomic mass is 19.1. The van der Waals surface area contributed by atoms with Gasteiger partial charge in [-0.3, -0.25) is 9.69 Å². The second-order valence-corrected chi connectivity index (χ2v) is 6.96. The first-order valence-electron chi connectivity index (χ1n) is 9.21. The van der Waals surface area contributed by atoms with Gasteiger partial charge in [-0.1, -0.05) is 24.3 Å². The molecule has 6 heteroatoms. The summed E-state index contributed by atoms with van der Waals surface area (Å²) in [5, 5.41) is 2.95. The Labute approximate surface area is 157 Å². The van der Waals surface area contributed by atoms with Gasteiger partial charge < -0.3 is 10.1 Å². The summed E-state index contributed by atoms with van der Waals surface area (Å²) in [6.07, 6.45) is 3.38. The Morgan fingerprint density at radius 3 is 2.67 bits per heavy atom. The second kappa shape index (κ2) is 7.02. The summed E-state index contributed by atoms with van der Waals surface area (Å²) in [5.74, 6) is -0.0621. The maximum atomic E-state index is 13.2. The molecule has 1 unspecified atom stereocenters. The molecule has 1 saturated heterocycles. The van der Waals surface area contributed by atoms with Gasteiger partial charge in [-0.05, 0) is 61.1 Å². The number of carbonyl (C=O) groups is 2. The SMILES string of the molecule is O=C1NC2(CCCCc3ccccc32)C(=O)N1CCOc1ccc(F)cc1. The number of fused-ring (bicyclic) bond motifs is 2. The quantitative estimate of drug-likeness (QED) is 0.842. The number of benzene rings is 2. The minimum atomic E-state index is -0.972. The number of ether oxygens (including phenoxy) is 1. The van der Waals surface area contributed by atoms with E-state index in [9.17, 15) is 14.0 Å². The Morgan fingerprint density at radius 1 is 1.07 bits per heavy atom. The molecule has 1 N–H and O–H groups in total. The van der Waals surface area contributed by atoms with Crippen LogP contribution in [-0.4, -0.2) is 30.0 Å². The molecule has 1 spiro atoms. The van der Waals surface area contributed by atoms with Crippen LogP contribution in [0.2, 0.25) is 0 Å². The number of halogens is 1. The zero-order valence-corrected chi connectivity index (χ0v) is 14.9. The minimum Gasteiger partial charge on any atom is -0.492 e. The number of hydrogen-bond donors (Lipinski definition) is 1. The van der Waals surface area contributed by atoms with E-state index in [0.29, 0.717) is 12.2 Å². The average Bonchev–Trinajstić information content (AvgIpc) is 2.82. The number of imide groups is 1. The fourth-order valence-electron chi connectivity index (χ4n) is 3.96. The predicted molar refractivity (Wildman–Crippen MR) is 97.8 cm³/mol. The molecule has 0 bridgehead atoms. The normalized spacial score (nSPS) is 21.7. The molecular formula is C21H21FN2O3. The molecule has 5 nitrogen and oxygen atoms in total. The number of rotatable bonds is 4. The molecule has 0 radical (unpaired) electrons. The highest BCUT2D eigenvalue weighted by molar-refractivity contribution is 6.07. The van der Waals surface area contributed by atoms with E-state index in [1.54, 1.807) is 0 Å². The summed E-state index contributed by atoms with van der Waals surface area (Å²) in [4.78, 5) is 27.0. The topological polar surface area (TPSA) is 58.6 Å². The molecule has 2 aromatic rings. The molecule has 1 heterocycles. The number of nitrogens with one attached hydrogen (secondary N) is 1. The molecule has 140 valence electrons. The molecule has 3 amide bonds. The number of nitrogens with zero attached hydrogens (tertiary/aromatic N) is 1. The van der Waals surface area contributed by atoms with Crippen LogP contribution < -0.4 is 10.1 Å². The first-order valence-corrected chi connectivity index (χ1v) is 9.21. The van der Waals surface area contributed by atoms with Crippen LogP contribution in [0.1, 0.15) is 30.4 Å². The lowest BCUT2D eigenvalue weighted by Gasteiger charge is -2.27. The first kappa shape index (κ1) is 17.5. The van der Waals surface area contributed by atoms with Crippen LogP contribution >= 0.6 is 0 Å². The number of aryl methyl sites for hydroxylation is 1. The van der Waals surface area contributed by atoms with Crippen LogP contribution in [0.5, 0.6) is 5.75 Å². The Hall–Kier alpha value is -2.89. The van der Waals surface area contributed by atoms with Crippen molar-refractivity contribution in [3.63, 3.8) is 0 Å². The van der Waals surface area contributed by atoms with Gasteiger partial charge >= 0.3 is 6.03 Å². The van der Waals surface area contributed by atoms with Crippen molar-refractivity contribution in [1.82, 2.24) is 10.2 Å². The third-order valence-corrected chi connectivity index (χ3v) is 5.30. The standard InChI is InChI=1S/C21H21FN2O3/c22-16-8-10-17(11-9-16)27-14-13-24-19(25)21(23-20(24)26)12-4-3-6-15-5-1-2-7-18(15)21/h1-2,5,7-11H,3-4,6,12-14H2,(H,23,26). The molecule has 2 aliphatic rings. The zero-order chi connectivity index (χ0) is 18.9. The maximum Gasteiger partial charge on any atom is 0.325 e. The molecule has 27 heavy (non-hydrogen) atoms. The lowest BCUT2D eigenvalue weighted by atomic mass is 9.84. The molecule has 0 aromatic heterocycles. The smallest absolute Gasteiger partial charge is 0.325 e. The van der Waals surface area contributed by atoms with E-state index in [4.69, 9.17) is 4.74 Å². The van der Waals surface area contributed by atoms with Gasteiger partial charge in [0, 0.05) is 0 Å². The van der Waals surface area contributed by atoms with Gasteiger partial charge in [0.05, 0.1) is 6.54 Å². The van der Waals surface area contributed by atoms with Crippen molar-refractivity contribution < 1.29 is 18.7 Å². The highest BCUT2D eigenvalue weighted by Gasteiger charge is 2.53. The fraction of sp³-hybridized carbons (Fsp3) is 0.333. The van der Waals surface area contributed by atoms with Gasteiger partial charge in [-0.15, -0.1) is 0 Å².